The second-order valence-electron chi connectivity index (χ2n) is 5.13. The van der Waals surface area contributed by atoms with E-state index >= 15 is 0 Å². The third-order valence-electron chi connectivity index (χ3n) is 4.31. The smallest absolute Gasteiger partial charge is 0.0833 e. The van der Waals surface area contributed by atoms with Gasteiger partial charge in [-0.15, -0.1) is 0 Å². The molecule has 1 fully saturated rings. The van der Waals surface area contributed by atoms with Crippen LogP contribution >= 0.6 is 0 Å². The number of methoxy groups -OCH3 is 1. The highest BCUT2D eigenvalue weighted by atomic mass is 16.5. The lowest BCUT2D eigenvalue weighted by molar-refractivity contribution is -0.112. The van der Waals surface area contributed by atoms with E-state index in [0.717, 1.165) is 12.5 Å². The standard InChI is InChI=1S/C14H29NO/c1-5-11-15-13(12(6-2)7-3)14(16-4)9-8-10-14/h12-13,15H,5-11H2,1-4H3. The fourth-order valence-corrected chi connectivity index (χ4v) is 3.01. The first-order chi connectivity index (χ1) is 7.74. The van der Waals surface area contributed by atoms with Gasteiger partial charge in [-0.05, 0) is 38.1 Å². The SMILES string of the molecule is CCCNC(C(CC)CC)C1(OC)CCC1. The van der Waals surface area contributed by atoms with Crippen LogP contribution in [0.25, 0.3) is 0 Å². The van der Waals surface area contributed by atoms with Crippen LogP contribution in [0, 0.1) is 5.92 Å². The second-order valence-corrected chi connectivity index (χ2v) is 5.13. The highest BCUT2D eigenvalue weighted by molar-refractivity contribution is 5.02. The van der Waals surface area contributed by atoms with Gasteiger partial charge in [0.15, 0.2) is 0 Å². The van der Waals surface area contributed by atoms with E-state index in [4.69, 9.17) is 4.74 Å². The van der Waals surface area contributed by atoms with Crippen LogP contribution in [-0.2, 0) is 4.74 Å². The van der Waals surface area contributed by atoms with Gasteiger partial charge in [-0.1, -0.05) is 33.6 Å². The molecule has 0 saturated heterocycles. The van der Waals surface area contributed by atoms with Crippen LogP contribution in [0.15, 0.2) is 0 Å². The van der Waals surface area contributed by atoms with E-state index in [1.165, 1.54) is 38.5 Å². The van der Waals surface area contributed by atoms with Crippen LogP contribution in [0.1, 0.15) is 59.3 Å². The molecule has 2 heteroatoms. The van der Waals surface area contributed by atoms with Crippen molar-refractivity contribution in [3.05, 3.63) is 0 Å². The number of hydrogen-bond donors (Lipinski definition) is 1. The van der Waals surface area contributed by atoms with Crippen LogP contribution < -0.4 is 5.32 Å². The Morgan fingerprint density at radius 2 is 1.81 bits per heavy atom. The predicted octanol–water partition coefficient (Wildman–Crippen LogP) is 3.36. The van der Waals surface area contributed by atoms with E-state index < -0.39 is 0 Å². The summed E-state index contributed by atoms with van der Waals surface area (Å²) in [6.07, 6.45) is 7.52. The van der Waals surface area contributed by atoms with Crippen LogP contribution in [0.2, 0.25) is 0 Å². The molecule has 1 saturated carbocycles. The largest absolute Gasteiger partial charge is 0.377 e. The van der Waals surface area contributed by atoms with Gasteiger partial charge in [0.2, 0.25) is 0 Å². The van der Waals surface area contributed by atoms with Crippen molar-refractivity contribution in [2.45, 2.75) is 70.9 Å². The van der Waals surface area contributed by atoms with Gasteiger partial charge in [0.1, 0.15) is 0 Å². The van der Waals surface area contributed by atoms with Gasteiger partial charge >= 0.3 is 0 Å². The predicted molar refractivity (Wildman–Crippen MR) is 69.7 cm³/mol. The number of rotatable bonds is 8. The van der Waals surface area contributed by atoms with Crippen molar-refractivity contribution in [2.24, 2.45) is 5.92 Å². The Bertz CT molecular complexity index is 180. The Hall–Kier alpha value is -0.0800. The van der Waals surface area contributed by atoms with Gasteiger partial charge in [0, 0.05) is 13.2 Å². The summed E-state index contributed by atoms with van der Waals surface area (Å²) in [5.74, 6) is 0.756. The molecule has 0 amide bonds. The summed E-state index contributed by atoms with van der Waals surface area (Å²) in [4.78, 5) is 0. The van der Waals surface area contributed by atoms with Crippen molar-refractivity contribution in [2.75, 3.05) is 13.7 Å². The van der Waals surface area contributed by atoms with Gasteiger partial charge < -0.3 is 10.1 Å². The summed E-state index contributed by atoms with van der Waals surface area (Å²) in [7, 11) is 1.89. The Labute approximate surface area is 101 Å². The molecule has 1 N–H and O–H groups in total. The first-order valence-corrected chi connectivity index (χ1v) is 7.02. The fourth-order valence-electron chi connectivity index (χ4n) is 3.01. The van der Waals surface area contributed by atoms with E-state index in [-0.39, 0.29) is 5.60 Å². The van der Waals surface area contributed by atoms with E-state index in [1.54, 1.807) is 0 Å². The normalized spacial score (nSPS) is 20.8. The molecule has 16 heavy (non-hydrogen) atoms. The number of hydrogen-bond acceptors (Lipinski definition) is 2. The first kappa shape index (κ1) is 14.0. The number of nitrogens with one attached hydrogen (secondary N) is 1. The molecule has 0 bridgehead atoms. The van der Waals surface area contributed by atoms with Crippen LogP contribution in [0.5, 0.6) is 0 Å². The summed E-state index contributed by atoms with van der Waals surface area (Å²) in [5.41, 5.74) is 0.145. The molecule has 2 nitrogen and oxygen atoms in total. The van der Waals surface area contributed by atoms with Gasteiger partial charge in [-0.3, -0.25) is 0 Å². The molecule has 1 atom stereocenters. The monoisotopic (exact) mass is 227 g/mol. The van der Waals surface area contributed by atoms with E-state index in [0.29, 0.717) is 6.04 Å². The Morgan fingerprint density at radius 3 is 2.12 bits per heavy atom. The molecule has 0 heterocycles. The van der Waals surface area contributed by atoms with E-state index in [1.807, 2.05) is 7.11 Å². The lowest BCUT2D eigenvalue weighted by Crippen LogP contribution is -2.59. The van der Waals surface area contributed by atoms with E-state index in [9.17, 15) is 0 Å². The quantitative estimate of drug-likeness (QED) is 0.686. The lowest BCUT2D eigenvalue weighted by atomic mass is 9.69. The van der Waals surface area contributed by atoms with Gasteiger partial charge in [0.25, 0.3) is 0 Å². The Morgan fingerprint density at radius 1 is 1.19 bits per heavy atom. The summed E-state index contributed by atoms with van der Waals surface area (Å²) in [6, 6.07) is 0.557. The van der Waals surface area contributed by atoms with Crippen molar-refractivity contribution < 1.29 is 4.74 Å². The third kappa shape index (κ3) is 2.78. The Balaban J connectivity index is 2.68. The fraction of sp³-hybridized carbons (Fsp3) is 1.00. The molecule has 1 aliphatic carbocycles. The first-order valence-electron chi connectivity index (χ1n) is 7.02. The van der Waals surface area contributed by atoms with E-state index in [2.05, 4.69) is 26.1 Å². The summed E-state index contributed by atoms with van der Waals surface area (Å²) in [6.45, 7) is 7.96. The molecule has 1 rings (SSSR count). The van der Waals surface area contributed by atoms with Crippen molar-refractivity contribution >= 4 is 0 Å². The maximum absolute atomic E-state index is 5.86. The van der Waals surface area contributed by atoms with Crippen LogP contribution in [0.4, 0.5) is 0 Å². The maximum Gasteiger partial charge on any atom is 0.0833 e. The van der Waals surface area contributed by atoms with Crippen LogP contribution in [-0.4, -0.2) is 25.3 Å². The van der Waals surface area contributed by atoms with Gasteiger partial charge in [-0.25, -0.2) is 0 Å². The zero-order valence-corrected chi connectivity index (χ0v) is 11.5. The molecular weight excluding hydrogens is 198 g/mol. The molecule has 0 aromatic heterocycles. The molecule has 0 radical (unpaired) electrons. The molecular formula is C14H29NO. The maximum atomic E-state index is 5.86. The zero-order valence-electron chi connectivity index (χ0n) is 11.5. The molecule has 96 valence electrons. The number of ether oxygens (including phenoxy) is 1. The lowest BCUT2D eigenvalue weighted by Gasteiger charge is -2.49. The van der Waals surface area contributed by atoms with Gasteiger partial charge in [-0.2, -0.15) is 0 Å². The van der Waals surface area contributed by atoms with Crippen molar-refractivity contribution in [1.29, 1.82) is 0 Å². The average molecular weight is 227 g/mol. The molecule has 1 aliphatic rings. The van der Waals surface area contributed by atoms with Gasteiger partial charge in [0.05, 0.1) is 5.60 Å². The summed E-state index contributed by atoms with van der Waals surface area (Å²) >= 11 is 0. The minimum Gasteiger partial charge on any atom is -0.377 e. The minimum absolute atomic E-state index is 0.145. The van der Waals surface area contributed by atoms with Crippen molar-refractivity contribution in [1.82, 2.24) is 5.32 Å². The Kier molecular flexibility index (Phi) is 5.77. The third-order valence-corrected chi connectivity index (χ3v) is 4.31. The minimum atomic E-state index is 0.145. The molecule has 0 aromatic rings. The van der Waals surface area contributed by atoms with Crippen molar-refractivity contribution in [3.63, 3.8) is 0 Å². The topological polar surface area (TPSA) is 21.3 Å². The van der Waals surface area contributed by atoms with Crippen molar-refractivity contribution in [3.8, 4) is 0 Å². The average Bonchev–Trinajstić information content (AvgIpc) is 2.25. The highest BCUT2D eigenvalue weighted by Gasteiger charge is 2.46. The summed E-state index contributed by atoms with van der Waals surface area (Å²) in [5, 5.41) is 3.74. The van der Waals surface area contributed by atoms with Crippen LogP contribution in [0.3, 0.4) is 0 Å². The molecule has 0 aliphatic heterocycles. The second kappa shape index (κ2) is 6.61. The molecule has 1 unspecified atom stereocenters. The highest BCUT2D eigenvalue weighted by Crippen LogP contribution is 2.41. The molecule has 0 aromatic carbocycles. The molecule has 0 spiro atoms. The zero-order chi connectivity index (χ0) is 12.0. The summed E-state index contributed by atoms with van der Waals surface area (Å²) < 4.78 is 5.86.